The molecule has 3 aromatic rings. The van der Waals surface area contributed by atoms with Crippen molar-refractivity contribution < 1.29 is 8.42 Å². The second-order valence-corrected chi connectivity index (χ2v) is 9.24. The van der Waals surface area contributed by atoms with Gasteiger partial charge >= 0.3 is 0 Å². The van der Waals surface area contributed by atoms with E-state index in [-0.39, 0.29) is 16.2 Å². The van der Waals surface area contributed by atoms with Crippen molar-refractivity contribution in [2.45, 2.75) is 16.1 Å². The van der Waals surface area contributed by atoms with Crippen molar-refractivity contribution in [2.24, 2.45) is 0 Å². The number of thioether (sulfide) groups is 1. The van der Waals surface area contributed by atoms with Crippen LogP contribution in [0, 0.1) is 0 Å². The molecule has 1 aliphatic rings. The van der Waals surface area contributed by atoms with Crippen LogP contribution in [0.5, 0.6) is 0 Å². The van der Waals surface area contributed by atoms with Gasteiger partial charge in [-0.2, -0.15) is 0 Å². The van der Waals surface area contributed by atoms with Gasteiger partial charge in [0.1, 0.15) is 0 Å². The zero-order valence-electron chi connectivity index (χ0n) is 12.9. The number of fused-ring (bicyclic) bond motifs is 2. The SMILES string of the molecule is O=c1c2ccccc2nc2n1[C@@H](CS(=O)(=O)c1ccc(Cl)cc1)CS2. The van der Waals surface area contributed by atoms with Crippen LogP contribution in [0.4, 0.5) is 0 Å². The van der Waals surface area contributed by atoms with Crippen molar-refractivity contribution >= 4 is 44.1 Å². The van der Waals surface area contributed by atoms with Gasteiger partial charge in [-0.1, -0.05) is 35.5 Å². The lowest BCUT2D eigenvalue weighted by atomic mass is 10.2. The predicted octanol–water partition coefficient (Wildman–Crippen LogP) is 3.17. The molecule has 0 N–H and O–H groups in total. The number of aromatic nitrogens is 2. The molecule has 2 heterocycles. The number of nitrogens with zero attached hydrogens (tertiary/aromatic N) is 2. The average molecular weight is 393 g/mol. The number of hydrogen-bond donors (Lipinski definition) is 0. The highest BCUT2D eigenvalue weighted by Gasteiger charge is 2.31. The van der Waals surface area contributed by atoms with E-state index in [1.165, 1.54) is 28.5 Å². The Morgan fingerprint density at radius 3 is 2.64 bits per heavy atom. The molecule has 0 fully saturated rings. The molecule has 4 rings (SSSR count). The predicted molar refractivity (Wildman–Crippen MR) is 99.3 cm³/mol. The summed E-state index contributed by atoms with van der Waals surface area (Å²) in [6.45, 7) is 0. The quantitative estimate of drug-likeness (QED) is 0.640. The Balaban J connectivity index is 1.75. The second-order valence-electron chi connectivity index (χ2n) is 5.79. The van der Waals surface area contributed by atoms with Crippen molar-refractivity contribution in [2.75, 3.05) is 11.5 Å². The maximum absolute atomic E-state index is 12.8. The first-order chi connectivity index (χ1) is 12.0. The minimum absolute atomic E-state index is 0.144. The van der Waals surface area contributed by atoms with Gasteiger partial charge in [-0.25, -0.2) is 13.4 Å². The molecule has 0 saturated carbocycles. The molecule has 0 spiro atoms. The third-order valence-corrected chi connectivity index (χ3v) is 7.29. The fourth-order valence-corrected chi connectivity index (χ4v) is 5.84. The third-order valence-electron chi connectivity index (χ3n) is 4.13. The normalized spacial score (nSPS) is 16.9. The topological polar surface area (TPSA) is 69.0 Å². The number of halogens is 1. The van der Waals surface area contributed by atoms with Gasteiger partial charge in [0.05, 0.1) is 27.6 Å². The molecule has 1 atom stereocenters. The van der Waals surface area contributed by atoms with Crippen molar-refractivity contribution in [3.05, 3.63) is 63.9 Å². The monoisotopic (exact) mass is 392 g/mol. The highest BCUT2D eigenvalue weighted by Crippen LogP contribution is 2.33. The molecule has 0 radical (unpaired) electrons. The van der Waals surface area contributed by atoms with Crippen LogP contribution < -0.4 is 5.56 Å². The number of rotatable bonds is 3. The van der Waals surface area contributed by atoms with Gasteiger partial charge in [0.2, 0.25) is 0 Å². The van der Waals surface area contributed by atoms with Gasteiger partial charge < -0.3 is 0 Å². The molecule has 0 aliphatic carbocycles. The van der Waals surface area contributed by atoms with Crippen molar-refractivity contribution in [1.82, 2.24) is 9.55 Å². The van der Waals surface area contributed by atoms with Gasteiger partial charge in [-0.05, 0) is 36.4 Å². The molecule has 1 aliphatic heterocycles. The molecular weight excluding hydrogens is 380 g/mol. The number of hydrogen-bond acceptors (Lipinski definition) is 5. The molecular formula is C17H13ClN2O3S2. The lowest BCUT2D eigenvalue weighted by molar-refractivity contribution is 0.532. The lowest BCUT2D eigenvalue weighted by Gasteiger charge is -2.14. The van der Waals surface area contributed by atoms with Crippen LogP contribution in [-0.4, -0.2) is 29.5 Å². The molecule has 2 aromatic carbocycles. The highest BCUT2D eigenvalue weighted by molar-refractivity contribution is 7.99. The van der Waals surface area contributed by atoms with Crippen molar-refractivity contribution in [3.63, 3.8) is 0 Å². The summed E-state index contributed by atoms with van der Waals surface area (Å²) in [6, 6.07) is 12.7. The summed E-state index contributed by atoms with van der Waals surface area (Å²) in [7, 11) is -3.53. The van der Waals surface area contributed by atoms with E-state index in [1.54, 1.807) is 30.3 Å². The smallest absolute Gasteiger partial charge is 0.262 e. The molecule has 8 heteroatoms. The second kappa shape index (κ2) is 6.16. The molecule has 25 heavy (non-hydrogen) atoms. The Morgan fingerprint density at radius 1 is 1.16 bits per heavy atom. The lowest BCUT2D eigenvalue weighted by Crippen LogP contribution is -2.29. The Morgan fingerprint density at radius 2 is 1.88 bits per heavy atom. The first-order valence-corrected chi connectivity index (χ1v) is 10.6. The summed E-state index contributed by atoms with van der Waals surface area (Å²) in [6.07, 6.45) is 0. The van der Waals surface area contributed by atoms with Gasteiger partial charge in [0.15, 0.2) is 15.0 Å². The number of benzene rings is 2. The zero-order chi connectivity index (χ0) is 17.6. The van der Waals surface area contributed by atoms with E-state index in [2.05, 4.69) is 4.98 Å². The summed E-state index contributed by atoms with van der Waals surface area (Å²) < 4.78 is 26.9. The van der Waals surface area contributed by atoms with E-state index in [0.29, 0.717) is 26.8 Å². The molecule has 128 valence electrons. The molecule has 0 unspecified atom stereocenters. The highest BCUT2D eigenvalue weighted by atomic mass is 35.5. The third kappa shape index (κ3) is 2.96. The van der Waals surface area contributed by atoms with Crippen LogP contribution in [0.1, 0.15) is 6.04 Å². The number of sulfone groups is 1. The van der Waals surface area contributed by atoms with Crippen LogP contribution in [-0.2, 0) is 9.84 Å². The Hall–Kier alpha value is -1.83. The van der Waals surface area contributed by atoms with Crippen LogP contribution in [0.3, 0.4) is 0 Å². The van der Waals surface area contributed by atoms with Gasteiger partial charge in [0.25, 0.3) is 5.56 Å². The fourth-order valence-electron chi connectivity index (χ4n) is 2.91. The van der Waals surface area contributed by atoms with E-state index in [1.807, 2.05) is 6.07 Å². The van der Waals surface area contributed by atoms with Crippen molar-refractivity contribution in [3.8, 4) is 0 Å². The van der Waals surface area contributed by atoms with E-state index in [9.17, 15) is 13.2 Å². The van der Waals surface area contributed by atoms with Crippen LogP contribution in [0.25, 0.3) is 10.9 Å². The standard InChI is InChI=1S/C17H13ClN2O3S2/c18-11-5-7-13(8-6-11)25(22,23)10-12-9-24-17-19-15-4-2-1-3-14(15)16(21)20(12)17/h1-8,12H,9-10H2/t12-/m1/s1. The van der Waals surface area contributed by atoms with Crippen LogP contribution >= 0.6 is 23.4 Å². The Bertz CT molecular complexity index is 1120. The van der Waals surface area contributed by atoms with Gasteiger partial charge in [0, 0.05) is 10.8 Å². The summed E-state index contributed by atoms with van der Waals surface area (Å²) in [5.74, 6) is 0.361. The average Bonchev–Trinajstić information content (AvgIpc) is 2.98. The van der Waals surface area contributed by atoms with Crippen molar-refractivity contribution in [1.29, 1.82) is 0 Å². The Kier molecular flexibility index (Phi) is 4.10. The van der Waals surface area contributed by atoms with E-state index in [0.717, 1.165) is 0 Å². The van der Waals surface area contributed by atoms with E-state index in [4.69, 9.17) is 11.6 Å². The summed E-state index contributed by atoms with van der Waals surface area (Å²) in [5, 5.41) is 1.55. The van der Waals surface area contributed by atoms with E-state index >= 15 is 0 Å². The van der Waals surface area contributed by atoms with E-state index < -0.39 is 15.9 Å². The van der Waals surface area contributed by atoms with Gasteiger partial charge in [-0.15, -0.1) is 0 Å². The van der Waals surface area contributed by atoms with Crippen LogP contribution in [0.15, 0.2) is 63.4 Å². The first kappa shape index (κ1) is 16.6. The summed E-state index contributed by atoms with van der Waals surface area (Å²) in [4.78, 5) is 17.5. The van der Waals surface area contributed by atoms with Gasteiger partial charge in [-0.3, -0.25) is 9.36 Å². The maximum Gasteiger partial charge on any atom is 0.262 e. The summed E-state index contributed by atoms with van der Waals surface area (Å²) in [5.41, 5.74) is 0.439. The molecule has 0 amide bonds. The molecule has 1 aromatic heterocycles. The molecule has 0 saturated heterocycles. The minimum atomic E-state index is -3.53. The minimum Gasteiger partial charge on any atom is -0.282 e. The van der Waals surface area contributed by atoms with Crippen LogP contribution in [0.2, 0.25) is 5.02 Å². The first-order valence-electron chi connectivity index (χ1n) is 7.58. The number of para-hydroxylation sites is 1. The largest absolute Gasteiger partial charge is 0.282 e. The molecule has 5 nitrogen and oxygen atoms in total. The zero-order valence-corrected chi connectivity index (χ0v) is 15.3. The Labute approximate surface area is 153 Å². The summed E-state index contributed by atoms with van der Waals surface area (Å²) >= 11 is 7.23. The fraction of sp³-hybridized carbons (Fsp3) is 0.176. The maximum atomic E-state index is 12.8. The molecule has 0 bridgehead atoms.